The van der Waals surface area contributed by atoms with Gasteiger partial charge in [-0.05, 0) is 23.3 Å². The highest BCUT2D eigenvalue weighted by Crippen LogP contribution is 2.33. The third-order valence-corrected chi connectivity index (χ3v) is 4.79. The zero-order chi connectivity index (χ0) is 23.7. The average molecular weight is 470 g/mol. The molecule has 0 aliphatic heterocycles. The Morgan fingerprint density at radius 2 is 1.79 bits per heavy atom. The molecule has 4 rings (SSSR count). The molecule has 0 saturated heterocycles. The Bertz CT molecular complexity index is 1200. The lowest BCUT2D eigenvalue weighted by molar-refractivity contribution is 0.235. The molecule has 0 aliphatic carbocycles. The monoisotopic (exact) mass is 470 g/mol. The molecule has 4 N–H and O–H groups in total. The maximum Gasteiger partial charge on any atom is 0.469 e. The summed E-state index contributed by atoms with van der Waals surface area (Å²) in [6, 6.07) is 19.4. The number of phosphoric ester groups is 1. The van der Waals surface area contributed by atoms with Gasteiger partial charge in [0.25, 0.3) is 0 Å². The zero-order valence-corrected chi connectivity index (χ0v) is 18.6. The van der Waals surface area contributed by atoms with Gasteiger partial charge in [0, 0.05) is 38.1 Å². The predicted octanol–water partition coefficient (Wildman–Crippen LogP) is 3.61. The number of nitrogens with two attached hydrogens (primary N) is 1. The topological polar surface area (TPSA) is 154 Å². The van der Waals surface area contributed by atoms with Crippen molar-refractivity contribution in [3.8, 4) is 17.2 Å². The first-order valence-corrected chi connectivity index (χ1v) is 11.3. The van der Waals surface area contributed by atoms with Gasteiger partial charge in [-0.2, -0.15) is 0 Å². The molecule has 0 radical (unpaired) electrons. The van der Waals surface area contributed by atoms with E-state index in [0.29, 0.717) is 30.5 Å². The summed E-state index contributed by atoms with van der Waals surface area (Å²) in [5.41, 5.74) is 9.53. The van der Waals surface area contributed by atoms with E-state index in [1.807, 2.05) is 60.7 Å². The van der Waals surface area contributed by atoms with Crippen LogP contribution >= 0.6 is 7.82 Å². The normalized spacial score (nSPS) is 10.9. The Hall–Kier alpha value is -3.56. The second-order valence-electron chi connectivity index (χ2n) is 6.75. The summed E-state index contributed by atoms with van der Waals surface area (Å²) >= 11 is 0. The number of anilines is 1. The van der Waals surface area contributed by atoms with Crippen molar-refractivity contribution in [1.29, 1.82) is 0 Å². The molecule has 1 aromatic carbocycles. The summed E-state index contributed by atoms with van der Waals surface area (Å²) in [4.78, 5) is 23.9. The van der Waals surface area contributed by atoms with Crippen LogP contribution in [0.25, 0.3) is 11.3 Å². The number of hydrogen-bond acceptors (Lipinski definition) is 8. The first kappa shape index (κ1) is 24.1. The largest absolute Gasteiger partial charge is 0.473 e. The summed E-state index contributed by atoms with van der Waals surface area (Å²) in [6.07, 6.45) is 4.03. The average Bonchev–Trinajstić information content (AvgIpc) is 3.28. The number of nitrogen functional groups attached to an aromatic ring is 1. The molecule has 0 unspecified atom stereocenters. The Morgan fingerprint density at radius 3 is 2.42 bits per heavy atom. The zero-order valence-electron chi connectivity index (χ0n) is 17.7. The highest BCUT2D eigenvalue weighted by Gasteiger charge is 2.11. The van der Waals surface area contributed by atoms with Crippen molar-refractivity contribution in [2.75, 3.05) is 12.8 Å². The number of ether oxygens (including phenoxy) is 1. The molecule has 11 heteroatoms. The molecular formula is C22H23N4O6P. The van der Waals surface area contributed by atoms with Crippen molar-refractivity contribution in [2.24, 2.45) is 0 Å². The Balaban J connectivity index is 0.000000454. The molecule has 4 aromatic rings. The van der Waals surface area contributed by atoms with Crippen LogP contribution in [0.4, 0.5) is 5.82 Å². The summed E-state index contributed by atoms with van der Waals surface area (Å²) < 4.78 is 24.2. The number of aromatic nitrogens is 3. The van der Waals surface area contributed by atoms with E-state index in [1.165, 1.54) is 0 Å². The minimum atomic E-state index is -4.15. The third-order valence-electron chi connectivity index (χ3n) is 4.31. The molecule has 0 fully saturated rings. The fourth-order valence-electron chi connectivity index (χ4n) is 2.69. The van der Waals surface area contributed by atoms with Crippen molar-refractivity contribution < 1.29 is 28.1 Å². The smallest absolute Gasteiger partial charge is 0.469 e. The molecule has 0 bridgehead atoms. The number of phosphoric acid groups is 1. The first-order chi connectivity index (χ1) is 15.8. The van der Waals surface area contributed by atoms with Crippen LogP contribution < -0.4 is 10.5 Å². The van der Waals surface area contributed by atoms with E-state index < -0.39 is 7.82 Å². The van der Waals surface area contributed by atoms with Gasteiger partial charge in [0.15, 0.2) is 5.76 Å². The van der Waals surface area contributed by atoms with Crippen molar-refractivity contribution in [3.05, 3.63) is 89.9 Å². The quantitative estimate of drug-likeness (QED) is 0.341. The molecule has 0 aliphatic rings. The van der Waals surface area contributed by atoms with E-state index in [0.717, 1.165) is 29.5 Å². The maximum atomic E-state index is 9.47. The van der Waals surface area contributed by atoms with Gasteiger partial charge >= 0.3 is 7.82 Å². The molecule has 33 heavy (non-hydrogen) atoms. The van der Waals surface area contributed by atoms with Crippen LogP contribution in [0.3, 0.4) is 0 Å². The highest BCUT2D eigenvalue weighted by atomic mass is 31.2. The van der Waals surface area contributed by atoms with Gasteiger partial charge in [-0.1, -0.05) is 41.6 Å². The van der Waals surface area contributed by atoms with Crippen LogP contribution in [0.15, 0.2) is 77.6 Å². The molecule has 3 aromatic heterocycles. The molecule has 172 valence electrons. The lowest BCUT2D eigenvalue weighted by atomic mass is 10.1. The van der Waals surface area contributed by atoms with Crippen molar-refractivity contribution in [3.63, 3.8) is 0 Å². The third kappa shape index (κ3) is 7.81. The summed E-state index contributed by atoms with van der Waals surface area (Å²) in [7, 11) is -3.20. The van der Waals surface area contributed by atoms with Gasteiger partial charge in [0.2, 0.25) is 5.88 Å². The van der Waals surface area contributed by atoms with Crippen molar-refractivity contribution in [2.45, 2.75) is 13.0 Å². The second kappa shape index (κ2) is 11.3. The number of hydrogen-bond donors (Lipinski definition) is 3. The molecule has 0 spiro atoms. The Labute approximate surface area is 190 Å². The van der Waals surface area contributed by atoms with E-state index in [9.17, 15) is 4.57 Å². The highest BCUT2D eigenvalue weighted by molar-refractivity contribution is 7.46. The molecule has 0 amide bonds. The van der Waals surface area contributed by atoms with Crippen LogP contribution in [0.2, 0.25) is 0 Å². The Morgan fingerprint density at radius 1 is 1.03 bits per heavy atom. The van der Waals surface area contributed by atoms with Gasteiger partial charge in [0.1, 0.15) is 12.4 Å². The molecular weight excluding hydrogens is 447 g/mol. The number of rotatable bonds is 7. The van der Waals surface area contributed by atoms with Gasteiger partial charge in [-0.15, -0.1) is 0 Å². The van der Waals surface area contributed by atoms with E-state index in [-0.39, 0.29) is 0 Å². The minimum Gasteiger partial charge on any atom is -0.473 e. The number of pyridine rings is 2. The fourth-order valence-corrected chi connectivity index (χ4v) is 2.69. The van der Waals surface area contributed by atoms with E-state index in [2.05, 4.69) is 19.6 Å². The van der Waals surface area contributed by atoms with E-state index >= 15 is 0 Å². The van der Waals surface area contributed by atoms with E-state index in [4.69, 9.17) is 24.8 Å². The molecule has 0 saturated carbocycles. The van der Waals surface area contributed by atoms with Crippen molar-refractivity contribution >= 4 is 13.6 Å². The Kier molecular flexibility index (Phi) is 8.28. The van der Waals surface area contributed by atoms with Crippen LogP contribution in [0.1, 0.15) is 16.8 Å². The number of benzene rings is 1. The lowest BCUT2D eigenvalue weighted by Gasteiger charge is -2.05. The molecule has 10 nitrogen and oxygen atoms in total. The maximum absolute atomic E-state index is 9.47. The van der Waals surface area contributed by atoms with Gasteiger partial charge in [0.05, 0.1) is 11.3 Å². The summed E-state index contributed by atoms with van der Waals surface area (Å²) in [5, 5.41) is 4.11. The summed E-state index contributed by atoms with van der Waals surface area (Å²) in [5.74, 6) is 1.61. The fraction of sp³-hybridized carbons (Fsp3) is 0.136. The van der Waals surface area contributed by atoms with Crippen molar-refractivity contribution in [1.82, 2.24) is 15.1 Å². The second-order valence-corrected chi connectivity index (χ2v) is 8.09. The molecule has 3 heterocycles. The minimum absolute atomic E-state index is 0.418. The van der Waals surface area contributed by atoms with Crippen LogP contribution in [0, 0.1) is 0 Å². The number of nitrogens with zero attached hydrogens (tertiary/aromatic N) is 3. The molecule has 0 atom stereocenters. The van der Waals surface area contributed by atoms with Gasteiger partial charge in [-0.3, -0.25) is 4.52 Å². The summed E-state index contributed by atoms with van der Waals surface area (Å²) in [6.45, 7) is 0.492. The van der Waals surface area contributed by atoms with Gasteiger partial charge < -0.3 is 24.8 Å². The van der Waals surface area contributed by atoms with E-state index in [1.54, 1.807) is 12.4 Å². The van der Waals surface area contributed by atoms with Crippen LogP contribution in [-0.4, -0.2) is 32.0 Å². The lowest BCUT2D eigenvalue weighted by Crippen LogP contribution is -1.97. The SMILES string of the molecule is COP(=O)(O)O.Nc1ncccc1-c1cc(Cc2ccc(OCc3ccccc3)nc2)no1. The first-order valence-electron chi connectivity index (χ1n) is 9.73. The van der Waals surface area contributed by atoms with Gasteiger partial charge in [-0.25, -0.2) is 14.5 Å². The van der Waals surface area contributed by atoms with Crippen LogP contribution in [0.5, 0.6) is 5.88 Å². The standard InChI is InChI=1S/C21H18N4O2.CH5O4P/c22-21-18(7-4-10-23-21)19-12-17(25-27-19)11-16-8-9-20(24-13-16)26-14-15-5-2-1-3-6-15;1-5-6(2,3)4/h1-10,12-13H,11,14H2,(H2,22,23);1H3,(H2,2,3,4). The predicted molar refractivity (Wildman–Crippen MR) is 121 cm³/mol. The van der Waals surface area contributed by atoms with Crippen LogP contribution in [-0.2, 0) is 22.1 Å².